The molecule has 2 aromatic rings. The number of nitrogens with zero attached hydrogens (tertiary/aromatic N) is 3. The summed E-state index contributed by atoms with van der Waals surface area (Å²) in [6, 6.07) is 7.13. The summed E-state index contributed by atoms with van der Waals surface area (Å²) >= 11 is 1.13. The zero-order valence-electron chi connectivity index (χ0n) is 14.1. The molecule has 1 fully saturated rings. The summed E-state index contributed by atoms with van der Waals surface area (Å²) in [5, 5.41) is 22.9. The average molecular weight is 370 g/mol. The van der Waals surface area contributed by atoms with Crippen molar-refractivity contribution in [1.82, 2.24) is 14.9 Å². The summed E-state index contributed by atoms with van der Waals surface area (Å²) in [5.74, 6) is -2.64. The van der Waals surface area contributed by atoms with Crippen molar-refractivity contribution >= 4 is 34.5 Å². The molecule has 8 heteroatoms. The SMILES string of the molecule is C[C@@H](O)[C@H]1C(=O)N2C(C(=O)[O-])=C(Sc3ncc4ccccc4n3)[C@H](C)[C@H]12. The second-order valence-corrected chi connectivity index (χ2v) is 7.58. The normalized spacial score (nSPS) is 26.0. The van der Waals surface area contributed by atoms with Gasteiger partial charge in [0.05, 0.1) is 35.2 Å². The second-order valence-electron chi connectivity index (χ2n) is 6.57. The van der Waals surface area contributed by atoms with Gasteiger partial charge in [-0.1, -0.05) is 36.9 Å². The fourth-order valence-corrected chi connectivity index (χ4v) is 4.80. The summed E-state index contributed by atoms with van der Waals surface area (Å²) in [4.78, 5) is 34.5. The van der Waals surface area contributed by atoms with Crippen LogP contribution in [0.25, 0.3) is 10.9 Å². The Kier molecular flexibility index (Phi) is 3.96. The standard InChI is InChI=1S/C18H17N3O4S/c1-8-13-12(9(2)22)16(23)21(13)14(17(24)25)15(8)26-18-19-7-10-5-3-4-6-11(10)20-18/h3-9,12-13,22H,1-2H3,(H,24,25)/p-1/t8-,9-,12-,13-/m1/s1. The zero-order chi connectivity index (χ0) is 18.6. The van der Waals surface area contributed by atoms with Crippen LogP contribution in [0.5, 0.6) is 0 Å². The minimum absolute atomic E-state index is 0.133. The molecule has 134 valence electrons. The van der Waals surface area contributed by atoms with Crippen LogP contribution in [0.4, 0.5) is 0 Å². The van der Waals surface area contributed by atoms with Gasteiger partial charge in [-0.2, -0.15) is 0 Å². The lowest BCUT2D eigenvalue weighted by atomic mass is 9.79. The number of carboxylic acids is 1. The fourth-order valence-electron chi connectivity index (χ4n) is 3.75. The van der Waals surface area contributed by atoms with Crippen molar-refractivity contribution in [2.45, 2.75) is 31.1 Å². The summed E-state index contributed by atoms with van der Waals surface area (Å²) < 4.78 is 0. The quantitative estimate of drug-likeness (QED) is 0.618. The Morgan fingerprint density at radius 1 is 1.38 bits per heavy atom. The Balaban J connectivity index is 1.72. The van der Waals surface area contributed by atoms with E-state index in [-0.39, 0.29) is 23.6 Å². The van der Waals surface area contributed by atoms with Crippen molar-refractivity contribution in [2.24, 2.45) is 11.8 Å². The number of β-lactam (4-membered cyclic amide) rings is 1. The number of benzene rings is 1. The first-order chi connectivity index (χ1) is 12.4. The van der Waals surface area contributed by atoms with Crippen molar-refractivity contribution in [3.05, 3.63) is 41.1 Å². The monoisotopic (exact) mass is 370 g/mol. The van der Waals surface area contributed by atoms with Gasteiger partial charge in [-0.3, -0.25) is 4.79 Å². The van der Waals surface area contributed by atoms with E-state index < -0.39 is 18.0 Å². The Bertz CT molecular complexity index is 958. The average Bonchev–Trinajstić information content (AvgIpc) is 2.84. The molecule has 2 aliphatic rings. The maximum absolute atomic E-state index is 12.3. The molecule has 7 nitrogen and oxygen atoms in total. The number of hydrogen-bond donors (Lipinski definition) is 1. The number of carboxylic acid groups (broad SMARTS) is 1. The maximum Gasteiger partial charge on any atom is 0.235 e. The predicted molar refractivity (Wildman–Crippen MR) is 92.4 cm³/mol. The number of thioether (sulfide) groups is 1. The molecule has 1 amide bonds. The third-order valence-corrected chi connectivity index (χ3v) is 6.13. The van der Waals surface area contributed by atoms with Crippen LogP contribution in [0.2, 0.25) is 0 Å². The van der Waals surface area contributed by atoms with Crippen LogP contribution in [-0.4, -0.2) is 44.0 Å². The van der Waals surface area contributed by atoms with Crippen LogP contribution >= 0.6 is 11.8 Å². The van der Waals surface area contributed by atoms with E-state index in [0.29, 0.717) is 10.1 Å². The Morgan fingerprint density at radius 3 is 2.81 bits per heavy atom. The van der Waals surface area contributed by atoms with Gasteiger partial charge in [0.15, 0.2) is 5.16 Å². The molecule has 26 heavy (non-hydrogen) atoms. The largest absolute Gasteiger partial charge is 0.543 e. The van der Waals surface area contributed by atoms with Crippen LogP contribution < -0.4 is 5.11 Å². The summed E-state index contributed by atoms with van der Waals surface area (Å²) in [6.45, 7) is 3.39. The van der Waals surface area contributed by atoms with Gasteiger partial charge >= 0.3 is 0 Å². The topological polar surface area (TPSA) is 106 Å². The first-order valence-electron chi connectivity index (χ1n) is 8.26. The zero-order valence-corrected chi connectivity index (χ0v) is 14.9. The Morgan fingerprint density at radius 2 is 2.12 bits per heavy atom. The lowest BCUT2D eigenvalue weighted by Gasteiger charge is -2.47. The molecule has 1 aromatic heterocycles. The van der Waals surface area contributed by atoms with Gasteiger partial charge in [0, 0.05) is 22.4 Å². The lowest BCUT2D eigenvalue weighted by molar-refractivity contribution is -0.301. The van der Waals surface area contributed by atoms with E-state index in [9.17, 15) is 19.8 Å². The van der Waals surface area contributed by atoms with E-state index in [1.54, 1.807) is 13.1 Å². The number of para-hydroxylation sites is 1. The van der Waals surface area contributed by atoms with Crippen LogP contribution in [0, 0.1) is 11.8 Å². The molecule has 2 aliphatic heterocycles. The molecular weight excluding hydrogens is 354 g/mol. The lowest BCUT2D eigenvalue weighted by Crippen LogP contribution is -2.64. The van der Waals surface area contributed by atoms with E-state index in [1.165, 1.54) is 4.90 Å². The molecule has 4 rings (SSSR count). The number of fused-ring (bicyclic) bond motifs is 2. The number of amides is 1. The highest BCUT2D eigenvalue weighted by Gasteiger charge is 2.58. The van der Waals surface area contributed by atoms with Gasteiger partial charge < -0.3 is 19.9 Å². The molecule has 0 aliphatic carbocycles. The third-order valence-electron chi connectivity index (χ3n) is 4.97. The van der Waals surface area contributed by atoms with Gasteiger partial charge in [-0.25, -0.2) is 9.97 Å². The van der Waals surface area contributed by atoms with Crippen LogP contribution in [0.3, 0.4) is 0 Å². The third kappa shape index (κ3) is 2.40. The van der Waals surface area contributed by atoms with Crippen molar-refractivity contribution in [2.75, 3.05) is 0 Å². The van der Waals surface area contributed by atoms with Gasteiger partial charge in [0.1, 0.15) is 0 Å². The molecule has 3 heterocycles. The first kappa shape index (κ1) is 17.0. The molecular formula is C18H16N3O4S-. The molecule has 0 unspecified atom stereocenters. The number of carbonyl (C=O) groups excluding carboxylic acids is 2. The number of aromatic nitrogens is 2. The minimum atomic E-state index is -1.40. The van der Waals surface area contributed by atoms with Crippen LogP contribution in [0.15, 0.2) is 46.2 Å². The molecule has 1 N–H and O–H groups in total. The van der Waals surface area contributed by atoms with E-state index in [2.05, 4.69) is 9.97 Å². The number of aliphatic hydroxyl groups is 1. The molecule has 0 spiro atoms. The number of rotatable bonds is 4. The summed E-state index contributed by atoms with van der Waals surface area (Å²) in [6.07, 6.45) is 0.845. The Hall–Kier alpha value is -2.45. The minimum Gasteiger partial charge on any atom is -0.543 e. The molecule has 4 atom stereocenters. The number of aliphatic hydroxyl groups excluding tert-OH is 1. The number of hydrogen-bond acceptors (Lipinski definition) is 7. The highest BCUT2D eigenvalue weighted by molar-refractivity contribution is 8.03. The highest BCUT2D eigenvalue weighted by atomic mass is 32.2. The van der Waals surface area contributed by atoms with Crippen LogP contribution in [0.1, 0.15) is 13.8 Å². The number of aliphatic carboxylic acids is 1. The fraction of sp³-hybridized carbons (Fsp3) is 0.333. The second kappa shape index (κ2) is 6.07. The van der Waals surface area contributed by atoms with Gasteiger partial charge in [-0.05, 0) is 13.0 Å². The highest BCUT2D eigenvalue weighted by Crippen LogP contribution is 2.51. The van der Waals surface area contributed by atoms with E-state index in [0.717, 1.165) is 22.7 Å². The summed E-state index contributed by atoms with van der Waals surface area (Å²) in [7, 11) is 0. The van der Waals surface area contributed by atoms with Gasteiger partial charge in [0.25, 0.3) is 0 Å². The van der Waals surface area contributed by atoms with E-state index in [4.69, 9.17) is 0 Å². The van der Waals surface area contributed by atoms with Gasteiger partial charge in [-0.15, -0.1) is 0 Å². The van der Waals surface area contributed by atoms with Crippen molar-refractivity contribution in [3.63, 3.8) is 0 Å². The van der Waals surface area contributed by atoms with Crippen molar-refractivity contribution < 1.29 is 19.8 Å². The van der Waals surface area contributed by atoms with Gasteiger partial charge in [0.2, 0.25) is 5.91 Å². The predicted octanol–water partition coefficient (Wildman–Crippen LogP) is 0.541. The maximum atomic E-state index is 12.3. The smallest absolute Gasteiger partial charge is 0.235 e. The van der Waals surface area contributed by atoms with Crippen LogP contribution in [-0.2, 0) is 9.59 Å². The van der Waals surface area contributed by atoms with Crippen molar-refractivity contribution in [3.8, 4) is 0 Å². The molecule has 1 saturated heterocycles. The van der Waals surface area contributed by atoms with Crippen molar-refractivity contribution in [1.29, 1.82) is 0 Å². The molecule has 0 bridgehead atoms. The van der Waals surface area contributed by atoms with E-state index in [1.807, 2.05) is 31.2 Å². The molecule has 0 radical (unpaired) electrons. The molecule has 0 saturated carbocycles. The Labute approximate surface area is 153 Å². The summed E-state index contributed by atoms with van der Waals surface area (Å²) in [5.41, 5.74) is 0.624. The number of carbonyl (C=O) groups is 2. The molecule has 1 aromatic carbocycles. The first-order valence-corrected chi connectivity index (χ1v) is 9.08. The van der Waals surface area contributed by atoms with E-state index >= 15 is 0 Å².